The number of carbonyl (C=O) groups excluding carboxylic acids is 2. The summed E-state index contributed by atoms with van der Waals surface area (Å²) in [5.74, 6) is -0.984. The number of anilines is 1. The molecule has 2 amide bonds. The fourth-order valence-electron chi connectivity index (χ4n) is 6.70. The fourth-order valence-corrected chi connectivity index (χ4v) is 7.52. The summed E-state index contributed by atoms with van der Waals surface area (Å²) in [6.45, 7) is 4.48. The lowest BCUT2D eigenvalue weighted by Gasteiger charge is -2.34. The Morgan fingerprint density at radius 1 is 1.16 bits per heavy atom. The van der Waals surface area contributed by atoms with Crippen LogP contribution in [0.5, 0.6) is 0 Å². The number of piperidine rings is 1. The molecule has 2 aromatic carbocycles. The molecule has 2 aromatic heterocycles. The molecule has 0 bridgehead atoms. The normalized spacial score (nSPS) is 22.2. The summed E-state index contributed by atoms with van der Waals surface area (Å²) < 4.78 is 31.0. The van der Waals surface area contributed by atoms with Crippen LogP contribution in [0.25, 0.3) is 11.1 Å². The van der Waals surface area contributed by atoms with E-state index in [2.05, 4.69) is 27.1 Å². The number of hydrogen-bond donors (Lipinski definition) is 1. The van der Waals surface area contributed by atoms with Crippen LogP contribution in [-0.2, 0) is 24.3 Å². The number of alkyl halides is 2. The van der Waals surface area contributed by atoms with Crippen molar-refractivity contribution in [2.24, 2.45) is 0 Å². The molecule has 8 nitrogen and oxygen atoms in total. The highest BCUT2D eigenvalue weighted by Crippen LogP contribution is 2.40. The Labute approximate surface area is 262 Å². The number of aromatic nitrogens is 3. The highest BCUT2D eigenvalue weighted by atomic mass is 35.5. The van der Waals surface area contributed by atoms with Crippen LogP contribution in [0.2, 0.25) is 5.02 Å². The average molecular weight is 637 g/mol. The van der Waals surface area contributed by atoms with E-state index >= 15 is 0 Å². The van der Waals surface area contributed by atoms with Crippen molar-refractivity contribution >= 4 is 39.9 Å². The van der Waals surface area contributed by atoms with Gasteiger partial charge in [0.05, 0.1) is 18.6 Å². The summed E-state index contributed by atoms with van der Waals surface area (Å²) in [6, 6.07) is 10.3. The van der Waals surface area contributed by atoms with E-state index in [0.717, 1.165) is 36.2 Å². The first kappa shape index (κ1) is 29.1. The first-order chi connectivity index (χ1) is 21.3. The largest absolute Gasteiger partial charge is 0.331 e. The van der Waals surface area contributed by atoms with E-state index in [4.69, 9.17) is 11.6 Å². The Kier molecular flexibility index (Phi) is 7.72. The molecule has 5 heterocycles. The molecule has 3 aliphatic heterocycles. The van der Waals surface area contributed by atoms with Crippen molar-refractivity contribution < 1.29 is 18.4 Å². The fraction of sp³-hybridized carbons (Fsp3) is 0.375. The minimum Gasteiger partial charge on any atom is -0.331 e. The molecule has 0 spiro atoms. The molecule has 4 unspecified atom stereocenters. The lowest BCUT2D eigenvalue weighted by molar-refractivity contribution is -0.121. The van der Waals surface area contributed by atoms with Gasteiger partial charge in [-0.15, -0.1) is 11.3 Å². The summed E-state index contributed by atoms with van der Waals surface area (Å²) in [6.07, 6.45) is 1.99. The Hall–Kier alpha value is -3.67. The van der Waals surface area contributed by atoms with Crippen LogP contribution in [0, 0.1) is 0 Å². The van der Waals surface area contributed by atoms with Crippen LogP contribution in [0.3, 0.4) is 0 Å². The van der Waals surface area contributed by atoms with E-state index in [9.17, 15) is 18.4 Å². The molecule has 1 N–H and O–H groups in total. The van der Waals surface area contributed by atoms with Crippen molar-refractivity contribution in [3.63, 3.8) is 0 Å². The van der Waals surface area contributed by atoms with Gasteiger partial charge in [-0.05, 0) is 48.3 Å². The highest BCUT2D eigenvalue weighted by Gasteiger charge is 2.42. The number of halogens is 3. The number of likely N-dealkylation sites (tertiary alicyclic amines) is 1. The van der Waals surface area contributed by atoms with E-state index in [1.807, 2.05) is 30.3 Å². The number of nitrogens with one attached hydrogen (secondary N) is 1. The zero-order chi connectivity index (χ0) is 30.5. The van der Waals surface area contributed by atoms with E-state index in [0.29, 0.717) is 39.2 Å². The minimum absolute atomic E-state index is 0.0991. The third kappa shape index (κ3) is 5.20. The summed E-state index contributed by atoms with van der Waals surface area (Å²) in [5.41, 5.74) is 4.53. The topological polar surface area (TPSA) is 83.4 Å². The van der Waals surface area contributed by atoms with Crippen molar-refractivity contribution in [1.29, 1.82) is 0 Å². The molecule has 3 aliphatic rings. The maximum atomic E-state index is 14.9. The number of thiazole rings is 1. The second kappa shape index (κ2) is 11.7. The Morgan fingerprint density at radius 3 is 2.70 bits per heavy atom. The maximum Gasteiger partial charge on any atom is 0.255 e. The molecule has 4 aromatic rings. The monoisotopic (exact) mass is 636 g/mol. The number of fused-ring (bicyclic) bond motifs is 2. The number of carbonyl (C=O) groups is 2. The molecule has 44 heavy (non-hydrogen) atoms. The molecule has 4 atom stereocenters. The molecular weight excluding hydrogens is 606 g/mol. The second-order valence-corrected chi connectivity index (χ2v) is 12.9. The number of rotatable bonds is 7. The van der Waals surface area contributed by atoms with Crippen LogP contribution in [-0.4, -0.2) is 68.1 Å². The van der Waals surface area contributed by atoms with Crippen molar-refractivity contribution in [1.82, 2.24) is 24.3 Å². The number of hydrogen-bond acceptors (Lipinski definition) is 6. The summed E-state index contributed by atoms with van der Waals surface area (Å²) in [7, 11) is 0. The molecule has 0 radical (unpaired) electrons. The molecule has 1 saturated heterocycles. The van der Waals surface area contributed by atoms with Gasteiger partial charge >= 0.3 is 0 Å². The van der Waals surface area contributed by atoms with Crippen LogP contribution < -0.4 is 5.32 Å². The zero-order valence-corrected chi connectivity index (χ0v) is 25.6. The lowest BCUT2D eigenvalue weighted by atomic mass is 9.87. The van der Waals surface area contributed by atoms with Gasteiger partial charge in [0.1, 0.15) is 12.3 Å². The van der Waals surface area contributed by atoms with Gasteiger partial charge in [-0.2, -0.15) is 0 Å². The number of benzene rings is 2. The SMILES string of the molecule is CCN1CCC(c2ccc(-c3cc(Cl)c4c(c3)C(=O)N(C(C(=O)Nc3nccs3)c3ncn5c3CC(F)C5)C4)cc2)C(F)C1. The summed E-state index contributed by atoms with van der Waals surface area (Å²) in [5, 5.41) is 5.34. The van der Waals surface area contributed by atoms with E-state index in [-0.39, 0.29) is 31.3 Å². The first-order valence-electron chi connectivity index (χ1n) is 14.8. The standard InChI is InChI=1S/C32H31ClF2N6O2S/c1-2-39-9-7-22(26(35)16-39)19-5-3-18(4-6-19)20-11-23-24(25(33)12-20)15-41(31(23)43)29(30(42)38-32-36-8-10-44-32)28-27-13-21(34)14-40(27)17-37-28/h3-6,8,10-12,17,21-22,26,29H,2,7,9,13-16H2,1H3,(H,36,38,42). The molecule has 0 aliphatic carbocycles. The second-order valence-electron chi connectivity index (χ2n) is 11.6. The van der Waals surface area contributed by atoms with Gasteiger partial charge < -0.3 is 14.4 Å². The third-order valence-electron chi connectivity index (χ3n) is 9.03. The third-order valence-corrected chi connectivity index (χ3v) is 10.1. The molecule has 12 heteroatoms. The molecule has 0 saturated carbocycles. The van der Waals surface area contributed by atoms with E-state index < -0.39 is 24.3 Å². The van der Waals surface area contributed by atoms with Gasteiger partial charge in [-0.3, -0.25) is 14.9 Å². The molecule has 228 valence electrons. The Bertz CT molecular complexity index is 1710. The minimum atomic E-state index is -1.10. The van der Waals surface area contributed by atoms with Crippen molar-refractivity contribution in [3.8, 4) is 11.1 Å². The highest BCUT2D eigenvalue weighted by molar-refractivity contribution is 7.13. The van der Waals surface area contributed by atoms with Crippen LogP contribution in [0.4, 0.5) is 13.9 Å². The van der Waals surface area contributed by atoms with Gasteiger partial charge in [0, 0.05) is 58.8 Å². The quantitative estimate of drug-likeness (QED) is 0.268. The summed E-state index contributed by atoms with van der Waals surface area (Å²) in [4.78, 5) is 39.9. The van der Waals surface area contributed by atoms with Crippen LogP contribution in [0.1, 0.15) is 58.2 Å². The number of nitrogens with zero attached hydrogens (tertiary/aromatic N) is 5. The maximum absolute atomic E-state index is 14.9. The summed E-state index contributed by atoms with van der Waals surface area (Å²) >= 11 is 8.04. The van der Waals surface area contributed by atoms with Crippen molar-refractivity contribution in [3.05, 3.63) is 87.4 Å². The predicted octanol–water partition coefficient (Wildman–Crippen LogP) is 6.04. The Balaban J connectivity index is 1.18. The van der Waals surface area contributed by atoms with E-state index in [1.165, 1.54) is 22.6 Å². The number of imidazole rings is 1. The number of amides is 2. The molecule has 7 rings (SSSR count). The van der Waals surface area contributed by atoms with Crippen molar-refractivity contribution in [2.75, 3.05) is 25.0 Å². The van der Waals surface area contributed by atoms with Crippen LogP contribution in [0.15, 0.2) is 54.3 Å². The average Bonchev–Trinajstić information content (AvgIpc) is 3.81. The van der Waals surface area contributed by atoms with Gasteiger partial charge in [0.15, 0.2) is 11.2 Å². The van der Waals surface area contributed by atoms with Gasteiger partial charge in [-0.1, -0.05) is 42.8 Å². The smallest absolute Gasteiger partial charge is 0.255 e. The van der Waals surface area contributed by atoms with Gasteiger partial charge in [0.2, 0.25) is 0 Å². The molecular formula is C32H31ClF2N6O2S. The molecule has 1 fully saturated rings. The van der Waals surface area contributed by atoms with E-state index in [1.54, 1.807) is 22.2 Å². The van der Waals surface area contributed by atoms with Gasteiger partial charge in [0.25, 0.3) is 11.8 Å². The van der Waals surface area contributed by atoms with Crippen LogP contribution >= 0.6 is 22.9 Å². The predicted molar refractivity (Wildman–Crippen MR) is 165 cm³/mol. The Morgan fingerprint density at radius 2 is 1.98 bits per heavy atom. The van der Waals surface area contributed by atoms with Gasteiger partial charge in [-0.25, -0.2) is 18.7 Å². The lowest BCUT2D eigenvalue weighted by Crippen LogP contribution is -2.40. The zero-order valence-electron chi connectivity index (χ0n) is 24.1. The van der Waals surface area contributed by atoms with Crippen molar-refractivity contribution in [2.45, 2.75) is 57.2 Å². The first-order valence-corrected chi connectivity index (χ1v) is 16.0.